The number of fused-ring (bicyclic) bond motifs is 1. The van der Waals surface area contributed by atoms with Crippen LogP contribution in [0.15, 0.2) is 52.1 Å². The molecule has 1 aromatic carbocycles. The monoisotopic (exact) mass is 435 g/mol. The fourth-order valence-corrected chi connectivity index (χ4v) is 3.63. The Labute approximate surface area is 160 Å². The van der Waals surface area contributed by atoms with Crippen molar-refractivity contribution in [3.8, 4) is 0 Å². The van der Waals surface area contributed by atoms with Gasteiger partial charge in [0.15, 0.2) is 9.84 Å². The lowest BCUT2D eigenvalue weighted by Gasteiger charge is -2.13. The third-order valence-electron chi connectivity index (χ3n) is 4.19. The molecule has 0 aliphatic heterocycles. The quantitative estimate of drug-likeness (QED) is 0.642. The van der Waals surface area contributed by atoms with Gasteiger partial charge in [0.1, 0.15) is 5.65 Å². The first-order valence-electron chi connectivity index (χ1n) is 7.96. The molecule has 2 N–H and O–H groups in total. The molecular formula is C18H18BrN3O3S. The van der Waals surface area contributed by atoms with Crippen molar-refractivity contribution in [2.75, 3.05) is 12.8 Å². The van der Waals surface area contributed by atoms with Crippen LogP contribution in [0.25, 0.3) is 11.0 Å². The molecule has 6 nitrogen and oxygen atoms in total. The Balaban J connectivity index is 1.69. The predicted molar refractivity (Wildman–Crippen MR) is 104 cm³/mol. The first-order valence-corrected chi connectivity index (χ1v) is 10.6. The van der Waals surface area contributed by atoms with Crippen LogP contribution in [0.2, 0.25) is 0 Å². The van der Waals surface area contributed by atoms with Crippen LogP contribution in [0.4, 0.5) is 0 Å². The summed E-state index contributed by atoms with van der Waals surface area (Å²) in [5.41, 5.74) is 2.15. The molecule has 0 saturated carbocycles. The van der Waals surface area contributed by atoms with Gasteiger partial charge in [-0.15, -0.1) is 0 Å². The van der Waals surface area contributed by atoms with E-state index in [0.717, 1.165) is 15.4 Å². The Morgan fingerprint density at radius 3 is 2.65 bits per heavy atom. The Morgan fingerprint density at radius 2 is 2.00 bits per heavy atom. The van der Waals surface area contributed by atoms with Crippen LogP contribution in [0.1, 0.15) is 28.8 Å². The van der Waals surface area contributed by atoms with Crippen molar-refractivity contribution in [1.29, 1.82) is 0 Å². The van der Waals surface area contributed by atoms with Crippen molar-refractivity contribution in [3.05, 3.63) is 58.3 Å². The van der Waals surface area contributed by atoms with Gasteiger partial charge in [-0.25, -0.2) is 13.4 Å². The standard InChI is InChI=1S/C18H18BrN3O3S/c1-11(12-3-5-14(6-4-12)26(2,24)25)8-22-18(23)16-10-21-17-15(16)7-13(19)9-20-17/h3-7,9-11H,8H2,1-2H3,(H,20,21)(H,22,23). The van der Waals surface area contributed by atoms with Gasteiger partial charge in [0.2, 0.25) is 0 Å². The zero-order valence-corrected chi connectivity index (χ0v) is 16.7. The zero-order chi connectivity index (χ0) is 18.9. The highest BCUT2D eigenvalue weighted by Crippen LogP contribution is 2.21. The number of sulfone groups is 1. The van der Waals surface area contributed by atoms with Gasteiger partial charge in [0.25, 0.3) is 5.91 Å². The van der Waals surface area contributed by atoms with Gasteiger partial charge >= 0.3 is 0 Å². The van der Waals surface area contributed by atoms with Crippen molar-refractivity contribution in [3.63, 3.8) is 0 Å². The third kappa shape index (κ3) is 3.96. The molecule has 2 heterocycles. The summed E-state index contributed by atoms with van der Waals surface area (Å²) in [7, 11) is -3.21. The van der Waals surface area contributed by atoms with Gasteiger partial charge in [-0.05, 0) is 45.6 Å². The summed E-state index contributed by atoms with van der Waals surface area (Å²) in [5.74, 6) is -0.140. The maximum Gasteiger partial charge on any atom is 0.253 e. The van der Waals surface area contributed by atoms with E-state index in [-0.39, 0.29) is 16.7 Å². The van der Waals surface area contributed by atoms with Crippen molar-refractivity contribution in [1.82, 2.24) is 15.3 Å². The summed E-state index contributed by atoms with van der Waals surface area (Å²) in [4.78, 5) is 20.0. The fraction of sp³-hybridized carbons (Fsp3) is 0.222. The molecule has 0 fully saturated rings. The molecule has 8 heteroatoms. The van der Waals surface area contributed by atoms with Crippen LogP contribution in [0.5, 0.6) is 0 Å². The minimum atomic E-state index is -3.21. The largest absolute Gasteiger partial charge is 0.351 e. The highest BCUT2D eigenvalue weighted by molar-refractivity contribution is 9.10. The number of aromatic amines is 1. The second-order valence-electron chi connectivity index (χ2n) is 6.20. The number of amides is 1. The normalized spacial score (nSPS) is 12.9. The van der Waals surface area contributed by atoms with Crippen molar-refractivity contribution in [2.24, 2.45) is 0 Å². The Kier molecular flexibility index (Phi) is 5.15. The Morgan fingerprint density at radius 1 is 1.31 bits per heavy atom. The number of rotatable bonds is 5. The number of hydrogen-bond donors (Lipinski definition) is 2. The summed E-state index contributed by atoms with van der Waals surface area (Å²) >= 11 is 3.36. The minimum absolute atomic E-state index is 0.0441. The molecule has 3 aromatic rings. The van der Waals surface area contributed by atoms with Crippen LogP contribution in [-0.4, -0.2) is 37.1 Å². The van der Waals surface area contributed by atoms with E-state index < -0.39 is 9.84 Å². The van der Waals surface area contributed by atoms with Crippen LogP contribution < -0.4 is 5.32 Å². The van der Waals surface area contributed by atoms with Crippen molar-refractivity contribution in [2.45, 2.75) is 17.7 Å². The molecule has 0 aliphatic rings. The van der Waals surface area contributed by atoms with Gasteiger partial charge in [-0.1, -0.05) is 19.1 Å². The number of halogens is 1. The fourth-order valence-electron chi connectivity index (χ4n) is 2.67. The lowest BCUT2D eigenvalue weighted by Crippen LogP contribution is -2.27. The van der Waals surface area contributed by atoms with E-state index in [1.54, 1.807) is 36.7 Å². The smallest absolute Gasteiger partial charge is 0.253 e. The maximum atomic E-state index is 12.5. The van der Waals surface area contributed by atoms with Crippen molar-refractivity contribution < 1.29 is 13.2 Å². The van der Waals surface area contributed by atoms with E-state index in [4.69, 9.17) is 0 Å². The Hall–Kier alpha value is -2.19. The van der Waals surface area contributed by atoms with Crippen LogP contribution in [0.3, 0.4) is 0 Å². The molecule has 136 valence electrons. The summed E-state index contributed by atoms with van der Waals surface area (Å²) in [6, 6.07) is 8.58. The molecule has 1 unspecified atom stereocenters. The first kappa shape index (κ1) is 18.6. The van der Waals surface area contributed by atoms with Gasteiger partial charge in [0.05, 0.1) is 10.5 Å². The van der Waals surface area contributed by atoms with Gasteiger partial charge in [-0.2, -0.15) is 0 Å². The molecule has 1 amide bonds. The van der Waals surface area contributed by atoms with E-state index >= 15 is 0 Å². The SMILES string of the molecule is CC(CNC(=O)c1c[nH]c2ncc(Br)cc12)c1ccc(S(C)(=O)=O)cc1. The number of H-pyrrole nitrogens is 1. The number of aromatic nitrogens is 2. The maximum absolute atomic E-state index is 12.5. The molecule has 3 rings (SSSR count). The molecule has 0 aliphatic carbocycles. The number of nitrogens with one attached hydrogen (secondary N) is 2. The number of pyridine rings is 1. The average molecular weight is 436 g/mol. The van der Waals surface area contributed by atoms with Gasteiger partial charge in [-0.3, -0.25) is 4.79 Å². The average Bonchev–Trinajstić information content (AvgIpc) is 3.01. The van der Waals surface area contributed by atoms with Crippen molar-refractivity contribution >= 4 is 42.7 Å². The van der Waals surface area contributed by atoms with E-state index in [9.17, 15) is 13.2 Å². The van der Waals surface area contributed by atoms with Gasteiger partial charge < -0.3 is 10.3 Å². The summed E-state index contributed by atoms with van der Waals surface area (Å²) < 4.78 is 23.8. The highest BCUT2D eigenvalue weighted by atomic mass is 79.9. The van der Waals surface area contributed by atoms with E-state index in [0.29, 0.717) is 17.8 Å². The molecule has 1 atom stereocenters. The summed E-state index contributed by atoms with van der Waals surface area (Å²) in [5, 5.41) is 3.67. The molecule has 2 aromatic heterocycles. The number of carbonyl (C=O) groups excluding carboxylic acids is 1. The predicted octanol–water partition coefficient (Wildman–Crippen LogP) is 3.26. The number of hydrogen-bond acceptors (Lipinski definition) is 4. The molecule has 0 radical (unpaired) electrons. The number of carbonyl (C=O) groups is 1. The molecule has 0 bridgehead atoms. The van der Waals surface area contributed by atoms with E-state index in [1.165, 1.54) is 6.26 Å². The zero-order valence-electron chi connectivity index (χ0n) is 14.3. The molecule has 0 spiro atoms. The molecule has 26 heavy (non-hydrogen) atoms. The van der Waals surface area contributed by atoms with E-state index in [1.807, 2.05) is 13.0 Å². The second kappa shape index (κ2) is 7.20. The number of nitrogens with zero attached hydrogens (tertiary/aromatic N) is 1. The first-order chi connectivity index (χ1) is 12.3. The summed E-state index contributed by atoms with van der Waals surface area (Å²) in [6.07, 6.45) is 4.49. The Bertz CT molecular complexity index is 1060. The number of benzene rings is 1. The van der Waals surface area contributed by atoms with Gasteiger partial charge in [0, 0.05) is 35.1 Å². The molecule has 0 saturated heterocycles. The van der Waals surface area contributed by atoms with E-state index in [2.05, 4.69) is 31.2 Å². The topological polar surface area (TPSA) is 91.9 Å². The second-order valence-corrected chi connectivity index (χ2v) is 9.14. The van der Waals surface area contributed by atoms with Crippen LogP contribution >= 0.6 is 15.9 Å². The lowest BCUT2D eigenvalue weighted by molar-refractivity contribution is 0.0953. The molecular weight excluding hydrogens is 418 g/mol. The third-order valence-corrected chi connectivity index (χ3v) is 5.75. The van der Waals surface area contributed by atoms with Crippen LogP contribution in [-0.2, 0) is 9.84 Å². The minimum Gasteiger partial charge on any atom is -0.351 e. The highest BCUT2D eigenvalue weighted by Gasteiger charge is 2.15. The lowest BCUT2D eigenvalue weighted by atomic mass is 10.0. The summed E-state index contributed by atoms with van der Waals surface area (Å²) in [6.45, 7) is 2.41. The van der Waals surface area contributed by atoms with Crippen LogP contribution in [0, 0.1) is 0 Å².